The van der Waals surface area contributed by atoms with Crippen LogP contribution in [0.3, 0.4) is 0 Å². The SMILES string of the molecule is Cc1ccc(C)c(C2CNC(=O)CC23CCN(C(=O)C2(c4ccccc4)CCCC2)CC3)c1. The Morgan fingerprint density at radius 2 is 1.67 bits per heavy atom. The zero-order valence-corrected chi connectivity index (χ0v) is 20.0. The number of likely N-dealkylation sites (tertiary alicyclic amines) is 1. The minimum atomic E-state index is -0.359. The molecule has 2 aromatic carbocycles. The van der Waals surface area contributed by atoms with Crippen LogP contribution in [0.1, 0.15) is 73.1 Å². The Kier molecular flexibility index (Phi) is 5.80. The number of nitrogens with zero attached hydrogens (tertiary/aromatic N) is 1. The van der Waals surface area contributed by atoms with Crippen molar-refractivity contribution in [1.82, 2.24) is 10.2 Å². The van der Waals surface area contributed by atoms with Gasteiger partial charge in [0.05, 0.1) is 5.41 Å². The average Bonchev–Trinajstić information content (AvgIpc) is 3.33. The van der Waals surface area contributed by atoms with Crippen molar-refractivity contribution in [2.24, 2.45) is 5.41 Å². The number of carbonyl (C=O) groups excluding carboxylic acids is 2. The van der Waals surface area contributed by atoms with Gasteiger partial charge in [0.15, 0.2) is 0 Å². The molecule has 2 aliphatic heterocycles. The number of amides is 2. The molecule has 1 N–H and O–H groups in total. The first-order chi connectivity index (χ1) is 15.9. The molecule has 0 aromatic heterocycles. The minimum absolute atomic E-state index is 0.0622. The van der Waals surface area contributed by atoms with Crippen LogP contribution >= 0.6 is 0 Å². The van der Waals surface area contributed by atoms with E-state index in [1.807, 2.05) is 6.07 Å². The summed E-state index contributed by atoms with van der Waals surface area (Å²) in [6.45, 7) is 6.53. The number of nitrogens with one attached hydrogen (secondary N) is 1. The van der Waals surface area contributed by atoms with Crippen molar-refractivity contribution < 1.29 is 9.59 Å². The largest absolute Gasteiger partial charge is 0.355 e. The van der Waals surface area contributed by atoms with Crippen molar-refractivity contribution in [1.29, 1.82) is 0 Å². The second kappa shape index (κ2) is 8.62. The maximum atomic E-state index is 14.0. The molecule has 1 saturated carbocycles. The van der Waals surface area contributed by atoms with Gasteiger partial charge >= 0.3 is 0 Å². The van der Waals surface area contributed by atoms with Crippen molar-refractivity contribution >= 4 is 11.8 Å². The van der Waals surface area contributed by atoms with E-state index in [1.165, 1.54) is 22.3 Å². The molecule has 1 unspecified atom stereocenters. The average molecular weight is 445 g/mol. The van der Waals surface area contributed by atoms with Gasteiger partial charge in [-0.25, -0.2) is 0 Å². The van der Waals surface area contributed by atoms with Gasteiger partial charge in [-0.05, 0) is 61.6 Å². The smallest absolute Gasteiger partial charge is 0.233 e. The van der Waals surface area contributed by atoms with Crippen LogP contribution in [0.25, 0.3) is 0 Å². The van der Waals surface area contributed by atoms with Gasteiger partial charge in [-0.1, -0.05) is 66.9 Å². The van der Waals surface area contributed by atoms with Gasteiger partial charge in [0.1, 0.15) is 0 Å². The Bertz CT molecular complexity index is 1030. The van der Waals surface area contributed by atoms with E-state index in [2.05, 4.69) is 66.5 Å². The van der Waals surface area contributed by atoms with Crippen molar-refractivity contribution in [3.05, 3.63) is 70.8 Å². The van der Waals surface area contributed by atoms with E-state index in [4.69, 9.17) is 0 Å². The van der Waals surface area contributed by atoms with Gasteiger partial charge in [-0.3, -0.25) is 9.59 Å². The lowest BCUT2D eigenvalue weighted by Crippen LogP contribution is -2.55. The van der Waals surface area contributed by atoms with E-state index in [9.17, 15) is 9.59 Å². The van der Waals surface area contributed by atoms with E-state index in [0.717, 1.165) is 51.6 Å². The lowest BCUT2D eigenvalue weighted by Gasteiger charge is -2.50. The number of rotatable bonds is 3. The lowest BCUT2D eigenvalue weighted by atomic mass is 9.61. The Labute approximate surface area is 197 Å². The summed E-state index contributed by atoms with van der Waals surface area (Å²) in [6.07, 6.45) is 6.50. The fraction of sp³-hybridized carbons (Fsp3) is 0.517. The molecule has 1 spiro atoms. The number of benzene rings is 2. The van der Waals surface area contributed by atoms with Gasteiger partial charge in [-0.15, -0.1) is 0 Å². The van der Waals surface area contributed by atoms with Gasteiger partial charge in [0, 0.05) is 32.0 Å². The summed E-state index contributed by atoms with van der Waals surface area (Å²) in [5, 5.41) is 3.14. The zero-order chi connectivity index (χ0) is 23.1. The molecule has 33 heavy (non-hydrogen) atoms. The third kappa shape index (κ3) is 3.88. The molecular weight excluding hydrogens is 408 g/mol. The summed E-state index contributed by atoms with van der Waals surface area (Å²) in [6, 6.07) is 17.1. The predicted molar refractivity (Wildman–Crippen MR) is 131 cm³/mol. The Morgan fingerprint density at radius 3 is 2.36 bits per heavy atom. The molecule has 4 heteroatoms. The summed E-state index contributed by atoms with van der Waals surface area (Å²) >= 11 is 0. The van der Waals surface area contributed by atoms with Crippen LogP contribution in [0.5, 0.6) is 0 Å². The van der Waals surface area contributed by atoms with Gasteiger partial charge in [-0.2, -0.15) is 0 Å². The highest BCUT2D eigenvalue weighted by Gasteiger charge is 2.50. The maximum absolute atomic E-state index is 14.0. The molecule has 2 heterocycles. The summed E-state index contributed by atoms with van der Waals surface area (Å²) in [5.74, 6) is 0.777. The standard InChI is InChI=1S/C29H36N2O2/c1-21-10-11-22(2)24(18-21)25-20-30-26(32)19-28(25)14-16-31(17-15-28)27(33)29(12-6-7-13-29)23-8-4-3-5-9-23/h3-5,8-11,18,25H,6-7,12-17,19-20H2,1-2H3,(H,30,32). The number of carbonyl (C=O) groups is 2. The zero-order valence-electron chi connectivity index (χ0n) is 20.0. The van der Waals surface area contributed by atoms with E-state index in [0.29, 0.717) is 24.8 Å². The number of hydrogen-bond acceptors (Lipinski definition) is 2. The highest BCUT2D eigenvalue weighted by Crippen LogP contribution is 2.51. The number of hydrogen-bond donors (Lipinski definition) is 1. The van der Waals surface area contributed by atoms with Crippen LogP contribution in [-0.2, 0) is 15.0 Å². The van der Waals surface area contributed by atoms with Crippen molar-refractivity contribution in [2.75, 3.05) is 19.6 Å². The molecule has 3 aliphatic rings. The van der Waals surface area contributed by atoms with E-state index >= 15 is 0 Å². The predicted octanol–water partition coefficient (Wildman–Crippen LogP) is 5.03. The fourth-order valence-electron chi connectivity index (χ4n) is 6.86. The van der Waals surface area contributed by atoms with Crippen LogP contribution < -0.4 is 5.32 Å². The molecule has 3 fully saturated rings. The normalized spacial score (nSPS) is 24.0. The first-order valence-electron chi connectivity index (χ1n) is 12.6. The summed E-state index contributed by atoms with van der Waals surface area (Å²) < 4.78 is 0. The van der Waals surface area contributed by atoms with E-state index < -0.39 is 0 Å². The highest BCUT2D eigenvalue weighted by molar-refractivity contribution is 5.89. The third-order valence-corrected chi connectivity index (χ3v) is 8.80. The molecule has 2 saturated heterocycles. The van der Waals surface area contributed by atoms with Gasteiger partial charge in [0.2, 0.25) is 11.8 Å². The van der Waals surface area contributed by atoms with E-state index in [1.54, 1.807) is 0 Å². The van der Waals surface area contributed by atoms with E-state index in [-0.39, 0.29) is 16.7 Å². The van der Waals surface area contributed by atoms with Crippen LogP contribution in [0, 0.1) is 19.3 Å². The van der Waals surface area contributed by atoms with Crippen LogP contribution in [0.4, 0.5) is 0 Å². The van der Waals surface area contributed by atoms with Crippen molar-refractivity contribution in [2.45, 2.75) is 70.1 Å². The Morgan fingerprint density at radius 1 is 0.970 bits per heavy atom. The van der Waals surface area contributed by atoms with Crippen LogP contribution in [0.2, 0.25) is 0 Å². The molecular formula is C29H36N2O2. The lowest BCUT2D eigenvalue weighted by molar-refractivity contribution is -0.141. The van der Waals surface area contributed by atoms with Crippen LogP contribution in [0.15, 0.2) is 48.5 Å². The molecule has 0 radical (unpaired) electrons. The second-order valence-corrected chi connectivity index (χ2v) is 10.7. The number of piperidine rings is 2. The molecule has 2 amide bonds. The third-order valence-electron chi connectivity index (χ3n) is 8.80. The molecule has 4 nitrogen and oxygen atoms in total. The minimum Gasteiger partial charge on any atom is -0.355 e. The maximum Gasteiger partial charge on any atom is 0.233 e. The van der Waals surface area contributed by atoms with Crippen molar-refractivity contribution in [3.8, 4) is 0 Å². The second-order valence-electron chi connectivity index (χ2n) is 10.7. The number of aryl methyl sites for hydroxylation is 2. The first kappa shape index (κ1) is 22.2. The van der Waals surface area contributed by atoms with Gasteiger partial charge < -0.3 is 10.2 Å². The molecule has 1 atom stereocenters. The topological polar surface area (TPSA) is 49.4 Å². The fourth-order valence-corrected chi connectivity index (χ4v) is 6.86. The monoisotopic (exact) mass is 444 g/mol. The van der Waals surface area contributed by atoms with Crippen molar-refractivity contribution in [3.63, 3.8) is 0 Å². The molecule has 0 bridgehead atoms. The summed E-state index contributed by atoms with van der Waals surface area (Å²) in [7, 11) is 0. The van der Waals surface area contributed by atoms with Gasteiger partial charge in [0.25, 0.3) is 0 Å². The summed E-state index contributed by atoms with van der Waals surface area (Å²) in [5.41, 5.74) is 4.69. The Balaban J connectivity index is 1.40. The van der Waals surface area contributed by atoms with Crippen LogP contribution in [-0.4, -0.2) is 36.3 Å². The quantitative estimate of drug-likeness (QED) is 0.722. The molecule has 5 rings (SSSR count). The summed E-state index contributed by atoms with van der Waals surface area (Å²) in [4.78, 5) is 28.6. The Hall–Kier alpha value is -2.62. The molecule has 174 valence electrons. The highest BCUT2D eigenvalue weighted by atomic mass is 16.2. The first-order valence-corrected chi connectivity index (χ1v) is 12.6. The molecule has 1 aliphatic carbocycles. The molecule has 2 aromatic rings.